The first kappa shape index (κ1) is 8.91. The van der Waals surface area contributed by atoms with Gasteiger partial charge in [0.25, 0.3) is 0 Å². The van der Waals surface area contributed by atoms with Crippen LogP contribution in [0.1, 0.15) is 17.0 Å². The molecule has 1 aliphatic rings. The Morgan fingerprint density at radius 3 is 3.20 bits per heavy atom. The molecule has 0 fully saturated rings. The third-order valence-corrected chi connectivity index (χ3v) is 3.64. The van der Waals surface area contributed by atoms with E-state index in [0.29, 0.717) is 5.13 Å². The summed E-state index contributed by atoms with van der Waals surface area (Å²) < 4.78 is 1.86. The van der Waals surface area contributed by atoms with Crippen LogP contribution in [-0.2, 0) is 19.9 Å². The van der Waals surface area contributed by atoms with Crippen LogP contribution in [0.2, 0.25) is 0 Å². The van der Waals surface area contributed by atoms with Gasteiger partial charge in [-0.25, -0.2) is 4.98 Å². The summed E-state index contributed by atoms with van der Waals surface area (Å²) in [5, 5.41) is 5.12. The molecule has 0 aliphatic heterocycles. The number of thiazole rings is 1. The number of anilines is 1. The Hall–Kier alpha value is -1.36. The second-order valence-electron chi connectivity index (χ2n) is 3.84. The van der Waals surface area contributed by atoms with Crippen LogP contribution >= 0.6 is 11.3 Å². The van der Waals surface area contributed by atoms with Gasteiger partial charge in [-0.3, -0.25) is 4.68 Å². The predicted octanol–water partition coefficient (Wildman–Crippen LogP) is 1.61. The maximum absolute atomic E-state index is 5.75. The summed E-state index contributed by atoms with van der Waals surface area (Å²) in [6, 6.07) is 0. The summed E-state index contributed by atoms with van der Waals surface area (Å²) in [5.74, 6) is 0. The molecule has 0 saturated heterocycles. The molecule has 2 N–H and O–H groups in total. The van der Waals surface area contributed by atoms with Gasteiger partial charge in [-0.2, -0.15) is 5.10 Å². The van der Waals surface area contributed by atoms with Crippen LogP contribution in [0, 0.1) is 0 Å². The molecule has 2 aromatic heterocycles. The zero-order chi connectivity index (χ0) is 10.4. The fraction of sp³-hybridized carbons (Fsp3) is 0.400. The molecule has 0 unspecified atom stereocenters. The molecule has 1 aliphatic carbocycles. The quantitative estimate of drug-likeness (QED) is 0.734. The van der Waals surface area contributed by atoms with E-state index in [1.807, 2.05) is 17.9 Å². The van der Waals surface area contributed by atoms with Gasteiger partial charge in [-0.1, -0.05) is 0 Å². The Kier molecular flexibility index (Phi) is 1.82. The SMILES string of the molecule is Cn1cc2c(n1)CCCc1sc(N)nc1-2. The Bertz CT molecular complexity index is 465. The maximum atomic E-state index is 5.75. The van der Waals surface area contributed by atoms with Crippen LogP contribution in [0.25, 0.3) is 11.3 Å². The number of nitrogen functional groups attached to an aromatic ring is 1. The third-order valence-electron chi connectivity index (χ3n) is 2.69. The molecular formula is C10H12N4S. The molecule has 0 spiro atoms. The number of fused-ring (bicyclic) bond motifs is 3. The monoisotopic (exact) mass is 220 g/mol. The first-order valence-corrected chi connectivity index (χ1v) is 5.84. The minimum absolute atomic E-state index is 0.664. The summed E-state index contributed by atoms with van der Waals surface area (Å²) >= 11 is 1.61. The standard InChI is InChI=1S/C10H12N4S/c1-14-5-6-7(13-14)3-2-4-8-9(6)12-10(11)15-8/h5H,2-4H2,1H3,(H2,11,12). The number of hydrogen-bond donors (Lipinski definition) is 1. The topological polar surface area (TPSA) is 56.7 Å². The van der Waals surface area contributed by atoms with Crippen molar-refractivity contribution in [2.75, 3.05) is 5.73 Å². The maximum Gasteiger partial charge on any atom is 0.180 e. The van der Waals surface area contributed by atoms with Crippen molar-refractivity contribution >= 4 is 16.5 Å². The van der Waals surface area contributed by atoms with Gasteiger partial charge in [-0.05, 0) is 19.3 Å². The molecule has 3 rings (SSSR count). The molecule has 0 saturated carbocycles. The number of nitrogens with two attached hydrogens (primary N) is 1. The zero-order valence-electron chi connectivity index (χ0n) is 8.53. The van der Waals surface area contributed by atoms with Crippen molar-refractivity contribution in [3.05, 3.63) is 16.8 Å². The van der Waals surface area contributed by atoms with E-state index in [2.05, 4.69) is 10.1 Å². The lowest BCUT2D eigenvalue weighted by atomic mass is 10.2. The van der Waals surface area contributed by atoms with Gasteiger partial charge in [0.2, 0.25) is 0 Å². The van der Waals surface area contributed by atoms with Crippen molar-refractivity contribution in [3.63, 3.8) is 0 Å². The molecule has 0 bridgehead atoms. The van der Waals surface area contributed by atoms with Crippen molar-refractivity contribution in [2.24, 2.45) is 7.05 Å². The highest BCUT2D eigenvalue weighted by molar-refractivity contribution is 7.15. The van der Waals surface area contributed by atoms with Crippen LogP contribution in [0.3, 0.4) is 0 Å². The number of aromatic nitrogens is 3. The molecule has 2 aromatic rings. The first-order chi connectivity index (χ1) is 7.24. The van der Waals surface area contributed by atoms with Gasteiger partial charge in [0.1, 0.15) is 0 Å². The summed E-state index contributed by atoms with van der Waals surface area (Å²) in [6.07, 6.45) is 5.29. The average Bonchev–Trinajstić information content (AvgIpc) is 2.67. The minimum atomic E-state index is 0.664. The van der Waals surface area contributed by atoms with Crippen LogP contribution < -0.4 is 5.73 Å². The molecular weight excluding hydrogens is 208 g/mol. The Balaban J connectivity index is 2.25. The normalized spacial score (nSPS) is 14.5. The van der Waals surface area contributed by atoms with Crippen molar-refractivity contribution < 1.29 is 0 Å². The second kappa shape index (κ2) is 3.06. The highest BCUT2D eigenvalue weighted by Gasteiger charge is 2.20. The molecule has 78 valence electrons. The van der Waals surface area contributed by atoms with Crippen LogP contribution in [0.4, 0.5) is 5.13 Å². The van der Waals surface area contributed by atoms with E-state index in [0.717, 1.165) is 36.2 Å². The van der Waals surface area contributed by atoms with Gasteiger partial charge in [-0.15, -0.1) is 11.3 Å². The molecule has 0 amide bonds. The molecule has 2 heterocycles. The molecule has 0 aromatic carbocycles. The molecule has 4 nitrogen and oxygen atoms in total. The Morgan fingerprint density at radius 2 is 2.33 bits per heavy atom. The smallest absolute Gasteiger partial charge is 0.180 e. The number of rotatable bonds is 0. The fourth-order valence-corrected chi connectivity index (χ4v) is 2.97. The Labute approximate surface area is 91.7 Å². The summed E-state index contributed by atoms with van der Waals surface area (Å²) in [7, 11) is 1.95. The van der Waals surface area contributed by atoms with Gasteiger partial charge < -0.3 is 5.73 Å². The lowest BCUT2D eigenvalue weighted by molar-refractivity contribution is 0.723. The van der Waals surface area contributed by atoms with Crippen LogP contribution in [-0.4, -0.2) is 14.8 Å². The van der Waals surface area contributed by atoms with Crippen molar-refractivity contribution in [2.45, 2.75) is 19.3 Å². The minimum Gasteiger partial charge on any atom is -0.375 e. The first-order valence-electron chi connectivity index (χ1n) is 5.02. The highest BCUT2D eigenvalue weighted by atomic mass is 32.1. The largest absolute Gasteiger partial charge is 0.375 e. The molecule has 5 heteroatoms. The van der Waals surface area contributed by atoms with E-state index in [1.165, 1.54) is 4.88 Å². The third kappa shape index (κ3) is 1.34. The molecule has 15 heavy (non-hydrogen) atoms. The van der Waals surface area contributed by atoms with E-state index >= 15 is 0 Å². The van der Waals surface area contributed by atoms with E-state index in [9.17, 15) is 0 Å². The van der Waals surface area contributed by atoms with Crippen molar-refractivity contribution in [1.82, 2.24) is 14.8 Å². The lowest BCUT2D eigenvalue weighted by Gasteiger charge is -1.93. The van der Waals surface area contributed by atoms with Crippen molar-refractivity contribution in [3.8, 4) is 11.3 Å². The zero-order valence-corrected chi connectivity index (χ0v) is 9.34. The lowest BCUT2D eigenvalue weighted by Crippen LogP contribution is -1.91. The van der Waals surface area contributed by atoms with E-state index < -0.39 is 0 Å². The van der Waals surface area contributed by atoms with Crippen LogP contribution in [0.15, 0.2) is 6.20 Å². The highest BCUT2D eigenvalue weighted by Crippen LogP contribution is 2.35. The van der Waals surface area contributed by atoms with Gasteiger partial charge >= 0.3 is 0 Å². The second-order valence-corrected chi connectivity index (χ2v) is 4.96. The Morgan fingerprint density at radius 1 is 1.47 bits per heavy atom. The van der Waals surface area contributed by atoms with Crippen molar-refractivity contribution in [1.29, 1.82) is 0 Å². The summed E-state index contributed by atoms with van der Waals surface area (Å²) in [4.78, 5) is 5.71. The fourth-order valence-electron chi connectivity index (χ4n) is 2.08. The number of hydrogen-bond acceptors (Lipinski definition) is 4. The number of nitrogens with zero attached hydrogens (tertiary/aromatic N) is 3. The molecule has 0 atom stereocenters. The number of aryl methyl sites for hydroxylation is 3. The summed E-state index contributed by atoms with van der Waals surface area (Å²) in [5.41, 5.74) is 9.13. The van der Waals surface area contributed by atoms with Gasteiger partial charge in [0, 0.05) is 23.7 Å². The van der Waals surface area contributed by atoms with E-state index in [-0.39, 0.29) is 0 Å². The van der Waals surface area contributed by atoms with E-state index in [4.69, 9.17) is 5.73 Å². The van der Waals surface area contributed by atoms with Gasteiger partial charge in [0.15, 0.2) is 5.13 Å². The predicted molar refractivity (Wildman–Crippen MR) is 60.8 cm³/mol. The molecule has 0 radical (unpaired) electrons. The van der Waals surface area contributed by atoms with Gasteiger partial charge in [0.05, 0.1) is 11.4 Å². The van der Waals surface area contributed by atoms with E-state index in [1.54, 1.807) is 11.3 Å². The summed E-state index contributed by atoms with van der Waals surface area (Å²) in [6.45, 7) is 0. The average molecular weight is 220 g/mol. The van der Waals surface area contributed by atoms with Crippen LogP contribution in [0.5, 0.6) is 0 Å².